The molecule has 1 aromatic heterocycles. The number of ether oxygens (including phenoxy) is 1. The van der Waals surface area contributed by atoms with Gasteiger partial charge in [-0.1, -0.05) is 0 Å². The van der Waals surface area contributed by atoms with Gasteiger partial charge in [-0.15, -0.1) is 0 Å². The molecule has 1 saturated heterocycles. The number of nitrogens with one attached hydrogen (secondary N) is 2. The quantitative estimate of drug-likeness (QED) is 0.796. The van der Waals surface area contributed by atoms with Crippen molar-refractivity contribution in [3.63, 3.8) is 0 Å². The predicted octanol–water partition coefficient (Wildman–Crippen LogP) is 0.593. The van der Waals surface area contributed by atoms with E-state index in [1.807, 2.05) is 4.57 Å². The number of hydrogen-bond donors (Lipinski definition) is 2. The number of carbonyl (C=O) groups is 1. The first-order chi connectivity index (χ1) is 10.3. The Kier molecular flexibility index (Phi) is 3.10. The summed E-state index contributed by atoms with van der Waals surface area (Å²) >= 11 is 0. The second-order valence-electron chi connectivity index (χ2n) is 5.21. The zero-order chi connectivity index (χ0) is 14.4. The summed E-state index contributed by atoms with van der Waals surface area (Å²) in [7, 11) is 2.24. The smallest absolute Gasteiger partial charge is 0.283 e. The van der Waals surface area contributed by atoms with Gasteiger partial charge in [-0.2, -0.15) is 0 Å². The average Bonchev–Trinajstić information content (AvgIpc) is 3.17. The van der Waals surface area contributed by atoms with Crippen molar-refractivity contribution in [3.05, 3.63) is 24.4 Å². The van der Waals surface area contributed by atoms with Gasteiger partial charge in [-0.25, -0.2) is 4.98 Å². The van der Waals surface area contributed by atoms with Crippen LogP contribution in [0.4, 0.5) is 5.82 Å². The van der Waals surface area contributed by atoms with E-state index >= 15 is 0 Å². The van der Waals surface area contributed by atoms with Crippen LogP contribution in [0, 0.1) is 0 Å². The molecule has 9 heteroatoms. The Hall–Kier alpha value is -1.63. The Balaban J connectivity index is 1.60. The molecule has 1 amide bonds. The van der Waals surface area contributed by atoms with Crippen molar-refractivity contribution in [1.29, 1.82) is 0 Å². The maximum Gasteiger partial charge on any atom is 0.283 e. The van der Waals surface area contributed by atoms with Crippen molar-refractivity contribution < 1.29 is 14.1 Å². The molecule has 4 heterocycles. The summed E-state index contributed by atoms with van der Waals surface area (Å²) in [5.74, 6) is 0.589. The van der Waals surface area contributed by atoms with Gasteiger partial charge >= 0.3 is 0 Å². The van der Waals surface area contributed by atoms with E-state index in [9.17, 15) is 4.79 Å². The second-order valence-corrected chi connectivity index (χ2v) is 5.55. The minimum atomic E-state index is -0.256. The standard InChI is InChI=1S/C12H16N5O3P/c18-11-9-10(15-12-13-3-4-16(11)12)17(6-14-9)8-2-1-7(20-8)5-19-21/h3-4,6-8,12-13,15H,1-2,5,21H2/t7-,8+,12?/m0/s1. The molecule has 1 fully saturated rings. The number of anilines is 1. The van der Waals surface area contributed by atoms with Gasteiger partial charge in [0, 0.05) is 21.9 Å². The normalized spacial score (nSPS) is 30.0. The van der Waals surface area contributed by atoms with E-state index < -0.39 is 0 Å². The maximum atomic E-state index is 12.3. The third kappa shape index (κ3) is 2.02. The van der Waals surface area contributed by atoms with E-state index in [-0.39, 0.29) is 24.5 Å². The zero-order valence-electron chi connectivity index (χ0n) is 11.2. The van der Waals surface area contributed by atoms with Crippen molar-refractivity contribution >= 4 is 21.2 Å². The molecule has 2 unspecified atom stereocenters. The van der Waals surface area contributed by atoms with E-state index in [0.717, 1.165) is 12.8 Å². The zero-order valence-corrected chi connectivity index (χ0v) is 12.4. The highest BCUT2D eigenvalue weighted by Gasteiger charge is 2.38. The van der Waals surface area contributed by atoms with Gasteiger partial charge < -0.3 is 19.9 Å². The molecule has 1 aromatic rings. The first kappa shape index (κ1) is 13.1. The summed E-state index contributed by atoms with van der Waals surface area (Å²) in [5, 5.41) is 6.35. The Labute approximate surface area is 123 Å². The van der Waals surface area contributed by atoms with Gasteiger partial charge in [-0.05, 0) is 12.8 Å². The molecule has 0 saturated carbocycles. The van der Waals surface area contributed by atoms with E-state index in [1.54, 1.807) is 23.6 Å². The first-order valence-electron chi connectivity index (χ1n) is 6.84. The summed E-state index contributed by atoms with van der Waals surface area (Å²) in [6, 6.07) is 0. The van der Waals surface area contributed by atoms with E-state index in [4.69, 9.17) is 9.26 Å². The largest absolute Gasteiger partial charge is 0.363 e. The summed E-state index contributed by atoms with van der Waals surface area (Å²) in [6.07, 6.45) is 6.61. The van der Waals surface area contributed by atoms with Crippen LogP contribution in [0.1, 0.15) is 29.6 Å². The minimum absolute atomic E-state index is 0.0765. The van der Waals surface area contributed by atoms with Crippen LogP contribution in [0.25, 0.3) is 0 Å². The molecule has 0 aromatic carbocycles. The van der Waals surface area contributed by atoms with Crippen LogP contribution in [-0.2, 0) is 9.26 Å². The number of carbonyl (C=O) groups excluding carboxylic acids is 1. The monoisotopic (exact) mass is 309 g/mol. The highest BCUT2D eigenvalue weighted by atomic mass is 31.0. The fraction of sp³-hybridized carbons (Fsp3) is 0.500. The SMILES string of the molecule is O=C1c2ncn([C@H]3CC[C@@H](COP)O3)c2NC2NC=CN12. The first-order valence-corrected chi connectivity index (χ1v) is 7.31. The maximum absolute atomic E-state index is 12.3. The Morgan fingerprint density at radius 2 is 2.43 bits per heavy atom. The van der Waals surface area contributed by atoms with Gasteiger partial charge in [0.15, 0.2) is 12.0 Å². The molecule has 3 aliphatic heterocycles. The van der Waals surface area contributed by atoms with Crippen LogP contribution < -0.4 is 10.6 Å². The molecule has 4 atom stereocenters. The number of imidazole rings is 1. The topological polar surface area (TPSA) is 80.7 Å². The Morgan fingerprint density at radius 1 is 1.52 bits per heavy atom. The molecule has 21 heavy (non-hydrogen) atoms. The molecule has 112 valence electrons. The molecule has 0 aliphatic carbocycles. The molecular weight excluding hydrogens is 293 g/mol. The van der Waals surface area contributed by atoms with Crippen LogP contribution in [0.2, 0.25) is 0 Å². The van der Waals surface area contributed by atoms with Crippen LogP contribution in [0.5, 0.6) is 0 Å². The van der Waals surface area contributed by atoms with Gasteiger partial charge in [-0.3, -0.25) is 14.3 Å². The fourth-order valence-electron chi connectivity index (χ4n) is 2.93. The molecule has 4 rings (SSSR count). The number of fused-ring (bicyclic) bond motifs is 2. The molecule has 8 nitrogen and oxygen atoms in total. The lowest BCUT2D eigenvalue weighted by atomic mass is 10.2. The number of aromatic nitrogens is 2. The summed E-state index contributed by atoms with van der Waals surface area (Å²) in [4.78, 5) is 18.2. The van der Waals surface area contributed by atoms with Gasteiger partial charge in [0.1, 0.15) is 12.0 Å². The lowest BCUT2D eigenvalue weighted by molar-refractivity contribution is -0.0141. The highest BCUT2D eigenvalue weighted by Crippen LogP contribution is 2.34. The van der Waals surface area contributed by atoms with Gasteiger partial charge in [0.25, 0.3) is 5.91 Å². The summed E-state index contributed by atoms with van der Waals surface area (Å²) < 4.78 is 12.9. The molecule has 2 N–H and O–H groups in total. The fourth-order valence-corrected chi connectivity index (χ4v) is 3.14. The van der Waals surface area contributed by atoms with Crippen molar-refractivity contribution in [2.24, 2.45) is 0 Å². The van der Waals surface area contributed by atoms with Crippen LogP contribution >= 0.6 is 9.47 Å². The second kappa shape index (κ2) is 4.98. The molecule has 3 aliphatic rings. The Morgan fingerprint density at radius 3 is 3.29 bits per heavy atom. The summed E-state index contributed by atoms with van der Waals surface area (Å²) in [6.45, 7) is 0.548. The van der Waals surface area contributed by atoms with Crippen LogP contribution in [-0.4, -0.2) is 39.4 Å². The van der Waals surface area contributed by atoms with E-state index in [1.165, 1.54) is 0 Å². The number of nitrogens with zero attached hydrogens (tertiary/aromatic N) is 3. The summed E-state index contributed by atoms with van der Waals surface area (Å²) in [5.41, 5.74) is 0.425. The third-order valence-corrected chi connectivity index (χ3v) is 4.14. The number of hydrogen-bond acceptors (Lipinski definition) is 6. The van der Waals surface area contributed by atoms with Gasteiger partial charge in [0.2, 0.25) is 0 Å². The van der Waals surface area contributed by atoms with Crippen molar-refractivity contribution in [3.8, 4) is 0 Å². The average molecular weight is 309 g/mol. The van der Waals surface area contributed by atoms with Crippen molar-refractivity contribution in [2.45, 2.75) is 31.5 Å². The van der Waals surface area contributed by atoms with Crippen molar-refractivity contribution in [2.75, 3.05) is 11.9 Å². The molecular formula is C12H16N5O3P. The molecule has 0 bridgehead atoms. The molecule has 0 radical (unpaired) electrons. The van der Waals surface area contributed by atoms with Crippen molar-refractivity contribution in [1.82, 2.24) is 19.8 Å². The third-order valence-electron chi connectivity index (χ3n) is 3.95. The predicted molar refractivity (Wildman–Crippen MR) is 76.9 cm³/mol. The van der Waals surface area contributed by atoms with E-state index in [0.29, 0.717) is 18.1 Å². The van der Waals surface area contributed by atoms with Crippen LogP contribution in [0.3, 0.4) is 0 Å². The number of amides is 1. The van der Waals surface area contributed by atoms with Gasteiger partial charge in [0.05, 0.1) is 19.0 Å². The minimum Gasteiger partial charge on any atom is -0.363 e. The molecule has 0 spiro atoms. The van der Waals surface area contributed by atoms with E-state index in [2.05, 4.69) is 25.1 Å². The lowest BCUT2D eigenvalue weighted by Gasteiger charge is -2.31. The Bertz CT molecular complexity index is 604. The van der Waals surface area contributed by atoms with Crippen LogP contribution in [0.15, 0.2) is 18.7 Å². The highest BCUT2D eigenvalue weighted by molar-refractivity contribution is 7.09. The number of rotatable bonds is 3. The lowest BCUT2D eigenvalue weighted by Crippen LogP contribution is -2.49.